The Labute approximate surface area is 110 Å². The Morgan fingerprint density at radius 3 is 3.00 bits per heavy atom. The molecule has 2 N–H and O–H groups in total. The molecule has 0 radical (unpaired) electrons. The fourth-order valence-corrected chi connectivity index (χ4v) is 1.68. The number of carboxylic acid groups (broad SMARTS) is 1. The molecule has 7 heteroatoms. The van der Waals surface area contributed by atoms with Crippen LogP contribution >= 0.6 is 0 Å². The summed E-state index contributed by atoms with van der Waals surface area (Å²) in [6.07, 6.45) is 8.70. The lowest BCUT2D eigenvalue weighted by Gasteiger charge is -2.07. The molecule has 0 aliphatic heterocycles. The van der Waals surface area contributed by atoms with Gasteiger partial charge in [-0.3, -0.25) is 0 Å². The van der Waals surface area contributed by atoms with E-state index in [-0.39, 0.29) is 5.56 Å². The number of imidazole rings is 1. The van der Waals surface area contributed by atoms with Gasteiger partial charge in [-0.1, -0.05) is 0 Å². The van der Waals surface area contributed by atoms with Crippen LogP contribution in [0.5, 0.6) is 0 Å². The molecule has 0 amide bonds. The van der Waals surface area contributed by atoms with Gasteiger partial charge in [-0.2, -0.15) is 5.10 Å². The largest absolute Gasteiger partial charge is 0.478 e. The van der Waals surface area contributed by atoms with Crippen LogP contribution in [-0.4, -0.2) is 37.4 Å². The van der Waals surface area contributed by atoms with Crippen molar-refractivity contribution in [2.75, 3.05) is 11.9 Å². The Morgan fingerprint density at radius 2 is 2.26 bits per heavy atom. The van der Waals surface area contributed by atoms with Crippen LogP contribution in [0.1, 0.15) is 23.2 Å². The minimum Gasteiger partial charge on any atom is -0.478 e. The van der Waals surface area contributed by atoms with Gasteiger partial charge in [0.1, 0.15) is 5.56 Å². The number of aromatic carboxylic acids is 1. The van der Waals surface area contributed by atoms with E-state index in [0.717, 1.165) is 19.4 Å². The number of unbranched alkanes of at least 4 members (excludes halogenated alkanes) is 1. The topological polar surface area (TPSA) is 92.9 Å². The summed E-state index contributed by atoms with van der Waals surface area (Å²) >= 11 is 0. The lowest BCUT2D eigenvalue weighted by Crippen LogP contribution is -2.10. The molecule has 0 unspecified atom stereocenters. The van der Waals surface area contributed by atoms with Crippen molar-refractivity contribution >= 4 is 11.8 Å². The Morgan fingerprint density at radius 1 is 1.37 bits per heavy atom. The maximum Gasteiger partial charge on any atom is 0.339 e. The van der Waals surface area contributed by atoms with Gasteiger partial charge in [-0.05, 0) is 18.9 Å². The first kappa shape index (κ1) is 13.0. The van der Waals surface area contributed by atoms with Crippen molar-refractivity contribution < 1.29 is 9.90 Å². The molecule has 0 aromatic carbocycles. The summed E-state index contributed by atoms with van der Waals surface area (Å²) in [5.74, 6) is -0.687. The molecule has 0 saturated heterocycles. The van der Waals surface area contributed by atoms with Crippen molar-refractivity contribution in [2.45, 2.75) is 19.4 Å². The Kier molecular flexibility index (Phi) is 4.44. The van der Waals surface area contributed by atoms with Gasteiger partial charge in [-0.25, -0.2) is 9.78 Å². The quantitative estimate of drug-likeness (QED) is 0.729. The molecule has 7 nitrogen and oxygen atoms in total. The number of anilines is 1. The third-order valence-electron chi connectivity index (χ3n) is 2.65. The second-order valence-electron chi connectivity index (χ2n) is 4.03. The SMILES string of the molecule is O=C(O)c1ccnnc1NCCCCn1ccnc1. The molecule has 0 aliphatic rings. The molecule has 2 aromatic heterocycles. The number of carbonyl (C=O) groups is 1. The smallest absolute Gasteiger partial charge is 0.339 e. The van der Waals surface area contributed by atoms with E-state index in [2.05, 4.69) is 20.5 Å². The van der Waals surface area contributed by atoms with Crippen molar-refractivity contribution in [3.05, 3.63) is 36.5 Å². The monoisotopic (exact) mass is 261 g/mol. The van der Waals surface area contributed by atoms with Gasteiger partial charge in [0.25, 0.3) is 0 Å². The Balaban J connectivity index is 1.75. The summed E-state index contributed by atoms with van der Waals surface area (Å²) < 4.78 is 2.00. The molecule has 0 aliphatic carbocycles. The predicted octanol–water partition coefficient (Wildman–Crippen LogP) is 1.26. The predicted molar refractivity (Wildman–Crippen MR) is 68.9 cm³/mol. The molecular weight excluding hydrogens is 246 g/mol. The zero-order valence-corrected chi connectivity index (χ0v) is 10.4. The van der Waals surface area contributed by atoms with E-state index in [1.165, 1.54) is 12.3 Å². The number of nitrogens with zero attached hydrogens (tertiary/aromatic N) is 4. The van der Waals surface area contributed by atoms with Crippen LogP contribution in [0, 0.1) is 0 Å². The van der Waals surface area contributed by atoms with E-state index >= 15 is 0 Å². The molecule has 19 heavy (non-hydrogen) atoms. The van der Waals surface area contributed by atoms with Crippen molar-refractivity contribution in [3.8, 4) is 0 Å². The van der Waals surface area contributed by atoms with Gasteiger partial charge < -0.3 is 15.0 Å². The molecule has 0 atom stereocenters. The standard InChI is InChI=1S/C12H15N5O2/c18-12(19)10-3-5-15-16-11(10)14-4-1-2-7-17-8-6-13-9-17/h3,5-6,8-9H,1-2,4,7H2,(H,14,16)(H,18,19). The Hall–Kier alpha value is -2.44. The maximum atomic E-state index is 10.9. The third kappa shape index (κ3) is 3.77. The average Bonchev–Trinajstić information content (AvgIpc) is 2.92. The molecule has 2 rings (SSSR count). The van der Waals surface area contributed by atoms with E-state index in [1.807, 2.05) is 10.8 Å². The highest BCUT2D eigenvalue weighted by Crippen LogP contribution is 2.10. The molecular formula is C12H15N5O2. The van der Waals surface area contributed by atoms with Crippen LogP contribution in [0.25, 0.3) is 0 Å². The lowest BCUT2D eigenvalue weighted by atomic mass is 10.2. The van der Waals surface area contributed by atoms with Crippen molar-refractivity contribution in [2.24, 2.45) is 0 Å². The number of nitrogens with one attached hydrogen (secondary N) is 1. The van der Waals surface area contributed by atoms with Crippen molar-refractivity contribution in [1.82, 2.24) is 19.7 Å². The first-order chi connectivity index (χ1) is 9.27. The van der Waals surface area contributed by atoms with Crippen LogP contribution in [0.2, 0.25) is 0 Å². The highest BCUT2D eigenvalue weighted by atomic mass is 16.4. The van der Waals surface area contributed by atoms with E-state index in [4.69, 9.17) is 5.11 Å². The van der Waals surface area contributed by atoms with Gasteiger partial charge in [0.05, 0.1) is 12.5 Å². The zero-order valence-electron chi connectivity index (χ0n) is 10.4. The fourth-order valence-electron chi connectivity index (χ4n) is 1.68. The minimum atomic E-state index is -1.00. The second-order valence-corrected chi connectivity index (χ2v) is 4.03. The van der Waals surface area contributed by atoms with Gasteiger partial charge >= 0.3 is 5.97 Å². The highest BCUT2D eigenvalue weighted by Gasteiger charge is 2.10. The maximum absolute atomic E-state index is 10.9. The summed E-state index contributed by atoms with van der Waals surface area (Å²) in [5.41, 5.74) is 0.143. The number of hydrogen-bond donors (Lipinski definition) is 2. The Bertz CT molecular complexity index is 527. The van der Waals surface area contributed by atoms with Crippen LogP contribution in [0.15, 0.2) is 31.0 Å². The fraction of sp³-hybridized carbons (Fsp3) is 0.333. The molecule has 0 saturated carbocycles. The van der Waals surface area contributed by atoms with Crippen LogP contribution < -0.4 is 5.32 Å². The van der Waals surface area contributed by atoms with Gasteiger partial charge in [-0.15, -0.1) is 5.10 Å². The van der Waals surface area contributed by atoms with E-state index < -0.39 is 5.97 Å². The number of aromatic nitrogens is 4. The number of aryl methyl sites for hydroxylation is 1. The average molecular weight is 261 g/mol. The van der Waals surface area contributed by atoms with Crippen LogP contribution in [0.4, 0.5) is 5.82 Å². The normalized spacial score (nSPS) is 10.3. The number of rotatable bonds is 7. The zero-order chi connectivity index (χ0) is 13.5. The van der Waals surface area contributed by atoms with Gasteiger partial charge in [0.2, 0.25) is 0 Å². The molecule has 0 bridgehead atoms. The number of carboxylic acids is 1. The van der Waals surface area contributed by atoms with Crippen LogP contribution in [0.3, 0.4) is 0 Å². The summed E-state index contributed by atoms with van der Waals surface area (Å²) in [4.78, 5) is 14.9. The molecule has 0 spiro atoms. The molecule has 2 heterocycles. The van der Waals surface area contributed by atoms with Crippen molar-refractivity contribution in [3.63, 3.8) is 0 Å². The summed E-state index contributed by atoms with van der Waals surface area (Å²) in [6, 6.07) is 1.43. The molecule has 100 valence electrons. The third-order valence-corrected chi connectivity index (χ3v) is 2.65. The van der Waals surface area contributed by atoms with Gasteiger partial charge in [0, 0.05) is 25.5 Å². The molecule has 2 aromatic rings. The molecule has 0 fully saturated rings. The first-order valence-corrected chi connectivity index (χ1v) is 6.02. The van der Waals surface area contributed by atoms with Gasteiger partial charge in [0.15, 0.2) is 5.82 Å². The minimum absolute atomic E-state index is 0.143. The van der Waals surface area contributed by atoms with E-state index in [0.29, 0.717) is 12.4 Å². The van der Waals surface area contributed by atoms with E-state index in [9.17, 15) is 4.79 Å². The second kappa shape index (κ2) is 6.48. The van der Waals surface area contributed by atoms with E-state index in [1.54, 1.807) is 12.5 Å². The number of hydrogen-bond acceptors (Lipinski definition) is 5. The summed E-state index contributed by atoms with van der Waals surface area (Å²) in [5, 5.41) is 19.4. The van der Waals surface area contributed by atoms with Crippen LogP contribution in [-0.2, 0) is 6.54 Å². The summed E-state index contributed by atoms with van der Waals surface area (Å²) in [7, 11) is 0. The highest BCUT2D eigenvalue weighted by molar-refractivity contribution is 5.92. The first-order valence-electron chi connectivity index (χ1n) is 6.02. The lowest BCUT2D eigenvalue weighted by molar-refractivity contribution is 0.0697. The summed E-state index contributed by atoms with van der Waals surface area (Å²) in [6.45, 7) is 1.56. The van der Waals surface area contributed by atoms with Crippen molar-refractivity contribution in [1.29, 1.82) is 0 Å².